The molecule has 27 nitrogen and oxygen atoms in total. The molecule has 6 amide bonds. The van der Waals surface area contributed by atoms with E-state index in [2.05, 4.69) is 30.9 Å². The molecule has 36 heteroatoms. The minimum absolute atomic E-state index is 0. The number of rotatable bonds is 7. The van der Waals surface area contributed by atoms with Crippen LogP contribution in [0.1, 0.15) is 241 Å². The van der Waals surface area contributed by atoms with Crippen molar-refractivity contribution in [3.8, 4) is 34.9 Å². The summed E-state index contributed by atoms with van der Waals surface area (Å²) < 4.78 is 150. The van der Waals surface area contributed by atoms with Crippen molar-refractivity contribution >= 4 is 87.6 Å². The van der Waals surface area contributed by atoms with E-state index in [-0.39, 0.29) is 183 Å². The number of nitrogens with zero attached hydrogens (tertiary/aromatic N) is 6. The average molecular weight is 2090 g/mol. The van der Waals surface area contributed by atoms with Crippen molar-refractivity contribution in [1.82, 2.24) is 45.6 Å². The van der Waals surface area contributed by atoms with Crippen LogP contribution in [0.3, 0.4) is 0 Å². The number of methoxy groups -OCH3 is 3. The van der Waals surface area contributed by atoms with Gasteiger partial charge in [0.1, 0.15) is 72.0 Å². The number of carbonyl (C=O) groups excluding carboxylic acids is 9. The second-order valence-electron chi connectivity index (χ2n) is 44.4. The molecule has 3 aromatic carbocycles. The molecule has 0 spiro atoms. The minimum atomic E-state index is -3.25. The second kappa shape index (κ2) is 44.5. The van der Waals surface area contributed by atoms with Crippen LogP contribution in [0.2, 0.25) is 0 Å². The fourth-order valence-electron chi connectivity index (χ4n) is 24.8. The number of hydrogen-bond donors (Lipinski definition) is 3. The van der Waals surface area contributed by atoms with E-state index in [1.165, 1.54) is 54.2 Å². The average Bonchev–Trinajstić information content (AvgIpc) is 1.31. The third-order valence-corrected chi connectivity index (χ3v) is 32.5. The standard InChI is InChI=1S/C36H46F2N3O6.2C35H44F2N3O6.3V/c1-6-24-28(19-42)41-18-29(24)46-32-26(16-21-12-13-23(45-5)17-27(21)39-32)36(37,38)14-8-7-9-25-20-10-11-22(15-20)30(25)47-34(44)40-31(33(41)43)35(2,3)4;2*1-19-27(18-41)40-17-28(19)45-31-25(15-21-11-12-23(44-5)16-26(21)38-31)35(36,37)13-7-6-8-24-20-9-10-22(14-20)29(24)46-33(43)39-30(32(40)42)34(2,3)4;;;/h12-13,16-17,20,22,24-25,28-31H,6-11,14-15,18H2,1-5H3,(H,40,44);2*11-12,15-16,19-20,22,24,27-30H,6-10,13-14,17H2,1-5H3,(H,39,43);;;/q3*-1;;;/t20-,22+,24+,25-,28-,29+,30-,31-;2*19-,20+,22-,24+,27+,28-,29+,30+;;;/m100.../s1. The summed E-state index contributed by atoms with van der Waals surface area (Å²) >= 11 is 0. The van der Waals surface area contributed by atoms with Gasteiger partial charge in [0.05, 0.1) is 74.2 Å². The molecule has 24 atom stereocenters. The quantitative estimate of drug-likeness (QED) is 0.0759. The van der Waals surface area contributed by atoms with Gasteiger partial charge in [0.15, 0.2) is 0 Å². The Balaban J connectivity index is 0.000000177. The molecule has 3 aromatic heterocycles. The zero-order valence-electron chi connectivity index (χ0n) is 83.6. The summed E-state index contributed by atoms with van der Waals surface area (Å²) in [6, 6.07) is 13.4. The van der Waals surface area contributed by atoms with Crippen molar-refractivity contribution in [1.29, 1.82) is 0 Å². The Morgan fingerprint density at radius 1 is 0.387 bits per heavy atom. The van der Waals surface area contributed by atoms with Crippen molar-refractivity contribution in [3.63, 3.8) is 0 Å². The molecule has 12 bridgehead atoms. The summed E-state index contributed by atoms with van der Waals surface area (Å²) in [5, 5.41) is 10.1. The first-order valence-electron chi connectivity index (χ1n) is 50.0. The Hall–Kier alpha value is -8.75. The fraction of sp³-hybridized carbons (Fsp3) is 0.660. The molecule has 3 radical (unpaired) electrons. The van der Waals surface area contributed by atoms with Crippen LogP contribution >= 0.6 is 0 Å². The monoisotopic (exact) mass is 2090 g/mol. The molecule has 9 heterocycles. The molecule has 142 heavy (non-hydrogen) atoms. The third kappa shape index (κ3) is 23.0. The number of aromatic nitrogens is 3. The number of pyridine rings is 3. The fourth-order valence-corrected chi connectivity index (χ4v) is 24.8. The van der Waals surface area contributed by atoms with Crippen molar-refractivity contribution < 1.29 is 168 Å². The second-order valence-corrected chi connectivity index (χ2v) is 44.4. The van der Waals surface area contributed by atoms with Gasteiger partial charge < -0.3 is 87.7 Å². The van der Waals surface area contributed by atoms with Gasteiger partial charge in [0.25, 0.3) is 17.8 Å². The number of amides is 6. The molecular weight excluding hydrogens is 1950 g/mol. The Labute approximate surface area is 862 Å². The number of fused-ring (bicyclic) bond motifs is 27. The Morgan fingerprint density at radius 3 is 0.937 bits per heavy atom. The number of alkyl carbamates (subject to hydrolysis) is 3. The smallest absolute Gasteiger partial charge is 0.408 e. The maximum absolute atomic E-state index is 16.2. The first-order chi connectivity index (χ1) is 65.9. The summed E-state index contributed by atoms with van der Waals surface area (Å²) in [7, 11) is 4.55. The van der Waals surface area contributed by atoms with Gasteiger partial charge in [-0.1, -0.05) is 127 Å². The van der Waals surface area contributed by atoms with Crippen molar-refractivity contribution in [3.05, 3.63) is 89.5 Å². The number of alkyl halides is 6. The predicted octanol–water partition coefficient (Wildman–Crippen LogP) is 18.9. The first kappa shape index (κ1) is 110. The molecule has 18 rings (SSSR count). The summed E-state index contributed by atoms with van der Waals surface area (Å²) in [6.07, 6.45) is 13.2. The van der Waals surface area contributed by atoms with Crippen LogP contribution in [0, 0.1) is 87.3 Å². The van der Waals surface area contributed by atoms with E-state index in [9.17, 15) is 43.2 Å². The molecule has 6 aliphatic carbocycles. The van der Waals surface area contributed by atoms with Crippen LogP contribution in [-0.4, -0.2) is 198 Å². The van der Waals surface area contributed by atoms with E-state index >= 15 is 26.3 Å². The van der Waals surface area contributed by atoms with Crippen molar-refractivity contribution in [2.24, 2.45) is 87.3 Å². The zero-order valence-corrected chi connectivity index (χ0v) is 87.8. The van der Waals surface area contributed by atoms with E-state index < -0.39 is 162 Å². The molecule has 3 saturated heterocycles. The van der Waals surface area contributed by atoms with Crippen molar-refractivity contribution in [2.75, 3.05) is 41.0 Å². The molecule has 0 unspecified atom stereocenters. The topological polar surface area (TPSA) is 321 Å². The Bertz CT molecular complexity index is 5360. The Morgan fingerprint density at radius 2 is 0.662 bits per heavy atom. The maximum atomic E-state index is 16.2. The Kier molecular flexibility index (Phi) is 34.6. The van der Waals surface area contributed by atoms with Gasteiger partial charge in [0.2, 0.25) is 35.4 Å². The van der Waals surface area contributed by atoms with Crippen LogP contribution in [-0.2, 0) is 116 Å². The summed E-state index contributed by atoms with van der Waals surface area (Å²) in [5.41, 5.74) is -1.87. The van der Waals surface area contributed by atoms with E-state index in [1.54, 1.807) is 68.4 Å². The summed E-state index contributed by atoms with van der Waals surface area (Å²) in [5.74, 6) is -9.90. The third-order valence-electron chi connectivity index (χ3n) is 32.5. The maximum Gasteiger partial charge on any atom is 0.408 e. The van der Waals surface area contributed by atoms with Crippen LogP contribution < -0.4 is 44.4 Å². The predicted molar refractivity (Wildman–Crippen MR) is 504 cm³/mol. The molecular formula is C106H134F6N9O18V3-3. The number of benzene rings is 3. The normalized spacial score (nSPS) is 32.4. The van der Waals surface area contributed by atoms with Crippen LogP contribution in [0.4, 0.5) is 40.7 Å². The van der Waals surface area contributed by atoms with Gasteiger partial charge in [-0.15, -0.1) is 0 Å². The number of nitrogens with one attached hydrogen (secondary N) is 3. The largest absolute Gasteiger partial charge is 0.540 e. The van der Waals surface area contributed by atoms with Gasteiger partial charge >= 0.3 is 18.3 Å². The first-order valence-corrected chi connectivity index (χ1v) is 50.0. The molecule has 6 aromatic rings. The summed E-state index contributed by atoms with van der Waals surface area (Å²) in [6.45, 7) is 21.6. The molecule has 771 valence electrons. The molecule has 6 aliphatic heterocycles. The molecule has 3 N–H and O–H groups in total. The SMILES string of the molecule is CC[C@@H]1[C@@H]2CN(C(=O)[C@H](C(C)(C)C)NC(=O)O[C@@H]3[C@H]4CC[C@H](C4)[C@H]3CCCCC(F)(F)c3cc4ccc(OC)cc4nc3O2)[C@@H]1[C-]=O.COc1ccc2cc3c(nc2c1)O[C@H]1CN(C(=O)[C@H](C(C)(C)C)NC(=O)O[C@@H]2[C@H]4CC[C@H](C4)[C@H]2CCCCC3(F)F)[C@H]([C-]=O)[C@@H]1C.COc1ccc2cc3c(nc2c1)O[C@H]1CN(C(=O)[C@H](C(C)(C)C)NC(=O)O[C@@H]2[C@H]4CC[C@H](C4)[C@H]2CCCCC3(F)F)[C@H]([C-]=O)[C@@H]1C.[V].[V].[V]. The molecule has 6 saturated carbocycles. The van der Waals surface area contributed by atoms with E-state index in [0.717, 1.165) is 57.8 Å². The van der Waals surface area contributed by atoms with Crippen LogP contribution in [0.25, 0.3) is 32.7 Å². The van der Waals surface area contributed by atoms with Crippen LogP contribution in [0.15, 0.2) is 72.8 Å². The van der Waals surface area contributed by atoms with E-state index in [1.807, 2.05) is 88.1 Å². The van der Waals surface area contributed by atoms with Gasteiger partial charge in [-0.3, -0.25) is 14.4 Å². The van der Waals surface area contributed by atoms with Gasteiger partial charge in [0, 0.05) is 109 Å². The van der Waals surface area contributed by atoms with Gasteiger partial charge in [-0.2, -0.15) is 0 Å². The number of halogens is 6. The van der Waals surface area contributed by atoms with Crippen molar-refractivity contribution in [2.45, 2.75) is 315 Å². The number of ether oxygens (including phenoxy) is 9. The van der Waals surface area contributed by atoms with E-state index in [0.29, 0.717) is 113 Å². The van der Waals surface area contributed by atoms with E-state index in [4.69, 9.17) is 42.6 Å². The minimum Gasteiger partial charge on any atom is -0.540 e. The van der Waals surface area contributed by atoms with Gasteiger partial charge in [-0.25, -0.2) is 74.5 Å². The molecule has 12 aliphatic rings. The van der Waals surface area contributed by atoms with Crippen LogP contribution in [0.5, 0.6) is 34.9 Å². The summed E-state index contributed by atoms with van der Waals surface area (Å²) in [4.78, 5) is 137. The molecule has 9 fully saturated rings. The zero-order chi connectivity index (χ0) is 99.6. The number of hydrogen-bond acceptors (Lipinski definition) is 21. The number of carbonyl (C=O) groups is 6. The van der Waals surface area contributed by atoms with Gasteiger partial charge in [-0.05, 0) is 238 Å².